The van der Waals surface area contributed by atoms with E-state index in [9.17, 15) is 4.79 Å². The first-order valence-electron chi connectivity index (χ1n) is 8.44. The lowest BCUT2D eigenvalue weighted by atomic mass is 9.95. The van der Waals surface area contributed by atoms with Crippen LogP contribution in [0.1, 0.15) is 20.8 Å². The van der Waals surface area contributed by atoms with Crippen molar-refractivity contribution in [1.29, 1.82) is 0 Å². The molecule has 4 aromatic carbocycles. The van der Waals surface area contributed by atoms with Crippen LogP contribution in [0.2, 0.25) is 0 Å². The fraction of sp³-hybridized carbons (Fsp3) is 0.0870. The van der Waals surface area contributed by atoms with Crippen molar-refractivity contribution in [2.24, 2.45) is 0 Å². The Labute approximate surface area is 169 Å². The molecule has 4 aromatic rings. The molecule has 1 nitrogen and oxygen atoms in total. The van der Waals surface area contributed by atoms with Crippen LogP contribution in [0, 0.1) is 0 Å². The second-order valence-electron chi connectivity index (χ2n) is 6.26. The monoisotopic (exact) mass is 466 g/mol. The summed E-state index contributed by atoms with van der Waals surface area (Å²) in [4.78, 5) is 12.5. The summed E-state index contributed by atoms with van der Waals surface area (Å²) >= 11 is 7.31. The number of hydrogen-bond acceptors (Lipinski definition) is 1. The van der Waals surface area contributed by atoms with E-state index in [1.165, 1.54) is 0 Å². The summed E-state index contributed by atoms with van der Waals surface area (Å²) in [6.07, 6.45) is 0. The molecule has 0 fully saturated rings. The van der Waals surface area contributed by atoms with Gasteiger partial charge in [-0.3, -0.25) is 4.79 Å². The number of rotatable bonds is 4. The number of ketones is 1. The van der Waals surface area contributed by atoms with Crippen LogP contribution >= 0.6 is 31.9 Å². The van der Waals surface area contributed by atoms with Crippen molar-refractivity contribution < 1.29 is 4.79 Å². The molecule has 0 aliphatic rings. The molecule has 0 aliphatic heterocycles. The van der Waals surface area contributed by atoms with Crippen molar-refractivity contribution in [3.05, 3.63) is 96.1 Å². The molecule has 0 saturated carbocycles. The van der Waals surface area contributed by atoms with Crippen molar-refractivity contribution in [3.8, 4) is 0 Å². The smallest absolute Gasteiger partial charge is 0.168 e. The summed E-state index contributed by atoms with van der Waals surface area (Å²) in [5, 5.41) is 4.47. The van der Waals surface area contributed by atoms with E-state index in [4.69, 9.17) is 0 Å². The van der Waals surface area contributed by atoms with Crippen LogP contribution in [0.25, 0.3) is 21.5 Å². The van der Waals surface area contributed by atoms with Crippen molar-refractivity contribution in [3.63, 3.8) is 0 Å². The highest BCUT2D eigenvalue weighted by atomic mass is 79.9. The molecule has 4 rings (SSSR count). The van der Waals surface area contributed by atoms with E-state index in [1.54, 1.807) is 0 Å². The Morgan fingerprint density at radius 3 is 1.42 bits per heavy atom. The van der Waals surface area contributed by atoms with Crippen molar-refractivity contribution in [2.45, 2.75) is 9.65 Å². The number of alkyl halides is 2. The van der Waals surface area contributed by atoms with Gasteiger partial charge >= 0.3 is 0 Å². The zero-order chi connectivity index (χ0) is 18.1. The van der Waals surface area contributed by atoms with Gasteiger partial charge in [0.1, 0.15) is 9.65 Å². The minimum Gasteiger partial charge on any atom is -0.296 e. The Morgan fingerprint density at radius 1 is 0.577 bits per heavy atom. The van der Waals surface area contributed by atoms with Gasteiger partial charge in [0.2, 0.25) is 0 Å². The van der Waals surface area contributed by atoms with Crippen LogP contribution in [0.5, 0.6) is 0 Å². The number of hydrogen-bond donors (Lipinski definition) is 0. The molecule has 2 atom stereocenters. The number of carbonyl (C=O) groups is 1. The predicted molar refractivity (Wildman–Crippen MR) is 116 cm³/mol. The molecule has 0 spiro atoms. The van der Waals surface area contributed by atoms with Gasteiger partial charge in [-0.25, -0.2) is 0 Å². The van der Waals surface area contributed by atoms with Gasteiger partial charge in [-0.2, -0.15) is 0 Å². The Balaban J connectivity index is 1.74. The van der Waals surface area contributed by atoms with E-state index in [2.05, 4.69) is 68.3 Å². The van der Waals surface area contributed by atoms with Gasteiger partial charge in [0, 0.05) is 0 Å². The average molecular weight is 468 g/mol. The summed E-state index contributed by atoms with van der Waals surface area (Å²) in [5.41, 5.74) is 2.00. The standard InChI is InChI=1S/C23H16Br2O/c24-21(19-13-5-9-15-7-1-3-11-17(15)19)23(26)22(25)20-14-6-10-16-8-2-4-12-18(16)20/h1-14,21-22H. The number of carbonyl (C=O) groups excluding carboxylic acids is 1. The lowest BCUT2D eigenvalue weighted by molar-refractivity contribution is -0.117. The van der Waals surface area contributed by atoms with Gasteiger partial charge in [-0.05, 0) is 32.7 Å². The second-order valence-corrected chi connectivity index (χ2v) is 8.10. The molecule has 0 heterocycles. The normalized spacial score (nSPS) is 13.6. The summed E-state index contributed by atoms with van der Waals surface area (Å²) in [6, 6.07) is 28.5. The number of halogens is 2. The van der Waals surface area contributed by atoms with Gasteiger partial charge in [0.15, 0.2) is 5.78 Å². The lowest BCUT2D eigenvalue weighted by Gasteiger charge is -2.18. The molecule has 128 valence electrons. The number of fused-ring (bicyclic) bond motifs is 2. The molecule has 26 heavy (non-hydrogen) atoms. The third kappa shape index (κ3) is 3.10. The fourth-order valence-corrected chi connectivity index (χ4v) is 5.06. The SMILES string of the molecule is O=C(C(Br)c1cccc2ccccc12)C(Br)c1cccc2ccccc12. The molecular formula is C23H16Br2O. The van der Waals surface area contributed by atoms with Crippen LogP contribution in [-0.4, -0.2) is 5.78 Å². The van der Waals surface area contributed by atoms with E-state index >= 15 is 0 Å². The van der Waals surface area contributed by atoms with Gasteiger partial charge in [0.05, 0.1) is 0 Å². The van der Waals surface area contributed by atoms with Gasteiger partial charge in [0.25, 0.3) is 0 Å². The first-order chi connectivity index (χ1) is 12.7. The van der Waals surface area contributed by atoms with Crippen molar-refractivity contribution >= 4 is 59.2 Å². The highest BCUT2D eigenvalue weighted by Gasteiger charge is 2.27. The minimum absolute atomic E-state index is 0.0951. The molecule has 0 bridgehead atoms. The predicted octanol–water partition coefficient (Wildman–Crippen LogP) is 7.13. The van der Waals surface area contributed by atoms with Crippen molar-refractivity contribution in [1.82, 2.24) is 0 Å². The summed E-state index contributed by atoms with van der Waals surface area (Å²) < 4.78 is 0. The van der Waals surface area contributed by atoms with Crippen LogP contribution in [0.3, 0.4) is 0 Å². The van der Waals surface area contributed by atoms with Gasteiger partial charge < -0.3 is 0 Å². The lowest BCUT2D eigenvalue weighted by Crippen LogP contribution is -2.13. The van der Waals surface area contributed by atoms with Crippen LogP contribution in [0.4, 0.5) is 0 Å². The van der Waals surface area contributed by atoms with E-state index in [0.29, 0.717) is 0 Å². The maximum absolute atomic E-state index is 13.2. The molecular weight excluding hydrogens is 452 g/mol. The Kier molecular flexibility index (Phi) is 4.92. The fourth-order valence-electron chi connectivity index (χ4n) is 3.38. The third-order valence-corrected chi connectivity index (χ3v) is 6.58. The maximum atomic E-state index is 13.2. The van der Waals surface area contributed by atoms with Crippen molar-refractivity contribution in [2.75, 3.05) is 0 Å². The van der Waals surface area contributed by atoms with E-state index in [-0.39, 0.29) is 15.4 Å². The zero-order valence-corrected chi connectivity index (χ0v) is 17.1. The average Bonchev–Trinajstić information content (AvgIpc) is 2.71. The molecule has 0 N–H and O–H groups in total. The van der Waals surface area contributed by atoms with Crippen LogP contribution < -0.4 is 0 Å². The highest BCUT2D eigenvalue weighted by Crippen LogP contribution is 2.39. The van der Waals surface area contributed by atoms with Gasteiger partial charge in [-0.15, -0.1) is 0 Å². The molecule has 0 saturated heterocycles. The molecule has 0 amide bonds. The van der Waals surface area contributed by atoms with E-state index < -0.39 is 0 Å². The van der Waals surface area contributed by atoms with E-state index in [1.807, 2.05) is 48.5 Å². The molecule has 3 heteroatoms. The maximum Gasteiger partial charge on any atom is 0.168 e. The summed E-state index contributed by atoms with van der Waals surface area (Å²) in [5.74, 6) is 0.0951. The largest absolute Gasteiger partial charge is 0.296 e. The Bertz CT molecular complexity index is 1010. The first kappa shape index (κ1) is 17.4. The molecule has 0 aliphatic carbocycles. The summed E-state index contributed by atoms with van der Waals surface area (Å²) in [6.45, 7) is 0. The molecule has 0 aromatic heterocycles. The molecule has 2 unspecified atom stereocenters. The zero-order valence-electron chi connectivity index (χ0n) is 13.9. The second kappa shape index (κ2) is 7.34. The van der Waals surface area contributed by atoms with E-state index in [0.717, 1.165) is 32.7 Å². The first-order valence-corrected chi connectivity index (χ1v) is 10.3. The topological polar surface area (TPSA) is 17.1 Å². The molecule has 0 radical (unpaired) electrons. The van der Waals surface area contributed by atoms with Crippen LogP contribution in [0.15, 0.2) is 84.9 Å². The highest BCUT2D eigenvalue weighted by molar-refractivity contribution is 9.10. The summed E-state index contributed by atoms with van der Waals surface area (Å²) in [7, 11) is 0. The Morgan fingerprint density at radius 2 is 0.962 bits per heavy atom. The third-order valence-electron chi connectivity index (χ3n) is 4.69. The quantitative estimate of drug-likeness (QED) is 0.291. The van der Waals surface area contributed by atoms with Gasteiger partial charge in [-0.1, -0.05) is 117 Å². The Hall–Kier alpha value is -1.97. The number of benzene rings is 4. The van der Waals surface area contributed by atoms with Crippen LogP contribution in [-0.2, 0) is 4.79 Å². The minimum atomic E-state index is -0.378. The number of Topliss-reactive ketones (excluding diaryl/α,β-unsaturated/α-hetero) is 1.